The second-order valence-electron chi connectivity index (χ2n) is 5.27. The molecule has 0 bridgehead atoms. The molecule has 6 heteroatoms. The van der Waals surface area contributed by atoms with E-state index in [1.54, 1.807) is 18.2 Å². The smallest absolute Gasteiger partial charge is 0.211 e. The summed E-state index contributed by atoms with van der Waals surface area (Å²) in [7, 11) is -3.43. The molecule has 1 aromatic carbocycles. The van der Waals surface area contributed by atoms with E-state index in [9.17, 15) is 8.42 Å². The lowest BCUT2D eigenvalue weighted by Gasteiger charge is -2.21. The lowest BCUT2D eigenvalue weighted by atomic mass is 9.87. The van der Waals surface area contributed by atoms with Crippen molar-refractivity contribution in [3.8, 4) is 0 Å². The van der Waals surface area contributed by atoms with Crippen LogP contribution in [0.4, 0.5) is 0 Å². The lowest BCUT2D eigenvalue weighted by Crippen LogP contribution is -2.27. The summed E-state index contributed by atoms with van der Waals surface area (Å²) in [5, 5.41) is 0. The van der Waals surface area contributed by atoms with Crippen LogP contribution in [0.5, 0.6) is 0 Å². The lowest BCUT2D eigenvalue weighted by molar-refractivity contribution is 0.339. The molecule has 0 unspecified atom stereocenters. The minimum atomic E-state index is -3.43. The zero-order valence-electron chi connectivity index (χ0n) is 11.2. The molecule has 1 aromatic rings. The maximum atomic E-state index is 12.2. The van der Waals surface area contributed by atoms with Crippen molar-refractivity contribution in [1.82, 2.24) is 4.72 Å². The van der Waals surface area contributed by atoms with Crippen molar-refractivity contribution < 1.29 is 8.42 Å². The van der Waals surface area contributed by atoms with Gasteiger partial charge in [0.2, 0.25) is 10.0 Å². The first-order valence-corrected chi connectivity index (χ1v) is 10.0. The monoisotopic (exact) mass is 423 g/mol. The van der Waals surface area contributed by atoms with Crippen LogP contribution in [0.15, 0.2) is 32.0 Å². The molecule has 0 spiro atoms. The molecule has 20 heavy (non-hydrogen) atoms. The van der Waals surface area contributed by atoms with Crippen molar-refractivity contribution in [3.63, 3.8) is 0 Å². The zero-order valence-corrected chi connectivity index (χ0v) is 15.2. The molecular weight excluding hydrogens is 406 g/mol. The summed E-state index contributed by atoms with van der Waals surface area (Å²) >= 11 is 6.62. The first kappa shape index (κ1) is 16.5. The number of hydrogen-bond acceptors (Lipinski definition) is 2. The fraction of sp³-hybridized carbons (Fsp3) is 0.571. The highest BCUT2D eigenvalue weighted by atomic mass is 79.9. The molecule has 1 fully saturated rings. The van der Waals surface area contributed by atoms with E-state index in [0.29, 0.717) is 21.8 Å². The zero-order chi connectivity index (χ0) is 14.6. The molecule has 0 saturated heterocycles. The summed E-state index contributed by atoms with van der Waals surface area (Å²) in [5.74, 6) is 0.680. The van der Waals surface area contributed by atoms with Crippen LogP contribution in [-0.4, -0.2) is 15.0 Å². The predicted molar refractivity (Wildman–Crippen MR) is 88.2 cm³/mol. The molecule has 0 aliphatic heterocycles. The molecule has 3 nitrogen and oxygen atoms in total. The van der Waals surface area contributed by atoms with Gasteiger partial charge in [0.25, 0.3) is 0 Å². The van der Waals surface area contributed by atoms with Crippen molar-refractivity contribution in [3.05, 3.63) is 27.1 Å². The van der Waals surface area contributed by atoms with Crippen LogP contribution in [0.3, 0.4) is 0 Å². The molecule has 0 radical (unpaired) electrons. The van der Waals surface area contributed by atoms with Gasteiger partial charge < -0.3 is 0 Å². The summed E-state index contributed by atoms with van der Waals surface area (Å²) in [6.45, 7) is 0.523. The average molecular weight is 425 g/mol. The fourth-order valence-electron chi connectivity index (χ4n) is 2.64. The largest absolute Gasteiger partial charge is 0.241 e. The van der Waals surface area contributed by atoms with E-state index in [2.05, 4.69) is 36.6 Å². The van der Waals surface area contributed by atoms with Gasteiger partial charge in [-0.2, -0.15) is 0 Å². The Labute approximate surface area is 137 Å². The summed E-state index contributed by atoms with van der Waals surface area (Å²) in [6.07, 6.45) is 7.32. The maximum Gasteiger partial charge on any atom is 0.241 e. The van der Waals surface area contributed by atoms with Crippen LogP contribution in [0.1, 0.15) is 38.5 Å². The molecule has 0 aromatic heterocycles. The minimum absolute atomic E-state index is 0.296. The van der Waals surface area contributed by atoms with Crippen molar-refractivity contribution in [1.29, 1.82) is 0 Å². The Morgan fingerprint density at radius 1 is 1.15 bits per heavy atom. The number of rotatable bonds is 5. The van der Waals surface area contributed by atoms with E-state index in [4.69, 9.17) is 0 Å². The van der Waals surface area contributed by atoms with Crippen LogP contribution >= 0.6 is 31.9 Å². The highest BCUT2D eigenvalue weighted by Gasteiger charge is 2.19. The second kappa shape index (κ2) is 7.38. The summed E-state index contributed by atoms with van der Waals surface area (Å²) < 4.78 is 28.6. The Morgan fingerprint density at radius 2 is 1.85 bits per heavy atom. The fourth-order valence-corrected chi connectivity index (χ4v) is 5.44. The third-order valence-corrected chi connectivity index (χ3v) is 6.68. The number of sulfonamides is 1. The Kier molecular flexibility index (Phi) is 6.08. The van der Waals surface area contributed by atoms with Crippen molar-refractivity contribution in [2.24, 2.45) is 5.92 Å². The van der Waals surface area contributed by atoms with Gasteiger partial charge in [-0.1, -0.05) is 48.0 Å². The molecule has 0 atom stereocenters. The van der Waals surface area contributed by atoms with Gasteiger partial charge in [0.15, 0.2) is 0 Å². The number of nitrogens with one attached hydrogen (secondary N) is 1. The first-order valence-electron chi connectivity index (χ1n) is 6.94. The van der Waals surface area contributed by atoms with Gasteiger partial charge in [-0.05, 0) is 46.5 Å². The quantitative estimate of drug-likeness (QED) is 0.758. The van der Waals surface area contributed by atoms with Crippen molar-refractivity contribution in [2.75, 3.05) is 6.54 Å². The van der Waals surface area contributed by atoms with Gasteiger partial charge in [0.1, 0.15) is 0 Å². The average Bonchev–Trinajstić information content (AvgIpc) is 2.39. The summed E-state index contributed by atoms with van der Waals surface area (Å²) in [6, 6.07) is 5.09. The van der Waals surface area contributed by atoms with Crippen LogP contribution in [-0.2, 0) is 10.0 Å². The van der Waals surface area contributed by atoms with Gasteiger partial charge in [0, 0.05) is 15.5 Å². The van der Waals surface area contributed by atoms with Crippen LogP contribution < -0.4 is 4.72 Å². The minimum Gasteiger partial charge on any atom is -0.211 e. The second-order valence-corrected chi connectivity index (χ2v) is 8.77. The van der Waals surface area contributed by atoms with E-state index in [-0.39, 0.29) is 0 Å². The molecule has 0 heterocycles. The normalized spacial score (nSPS) is 17.3. The van der Waals surface area contributed by atoms with Crippen molar-refractivity contribution in [2.45, 2.75) is 43.4 Å². The van der Waals surface area contributed by atoms with E-state index in [1.807, 2.05) is 0 Å². The third kappa shape index (κ3) is 4.55. The molecule has 2 rings (SSSR count). The molecule has 112 valence electrons. The van der Waals surface area contributed by atoms with E-state index in [0.717, 1.165) is 10.9 Å². The van der Waals surface area contributed by atoms with E-state index in [1.165, 1.54) is 32.1 Å². The standard InChI is InChI=1S/C14H19Br2NO2S/c15-12-6-7-14(13(16)10-12)20(18,19)17-9-8-11-4-2-1-3-5-11/h6-7,10-11,17H,1-5,8-9H2. The van der Waals surface area contributed by atoms with E-state index < -0.39 is 10.0 Å². The van der Waals surface area contributed by atoms with Gasteiger partial charge in [-0.15, -0.1) is 0 Å². The van der Waals surface area contributed by atoms with Gasteiger partial charge in [-0.3, -0.25) is 0 Å². The number of hydrogen-bond donors (Lipinski definition) is 1. The molecular formula is C14H19Br2NO2S. The molecule has 1 aliphatic carbocycles. The van der Waals surface area contributed by atoms with Gasteiger partial charge in [0.05, 0.1) is 4.90 Å². The number of halogens is 2. The summed E-state index contributed by atoms with van der Waals surface area (Å²) in [5.41, 5.74) is 0. The molecule has 1 N–H and O–H groups in total. The van der Waals surface area contributed by atoms with Crippen LogP contribution in [0.25, 0.3) is 0 Å². The molecule has 1 saturated carbocycles. The Bertz CT molecular complexity index is 554. The van der Waals surface area contributed by atoms with Gasteiger partial charge >= 0.3 is 0 Å². The Hall–Kier alpha value is 0.0900. The van der Waals surface area contributed by atoms with Gasteiger partial charge in [-0.25, -0.2) is 13.1 Å². The SMILES string of the molecule is O=S(=O)(NCCC1CCCCC1)c1ccc(Br)cc1Br. The molecule has 1 aliphatic rings. The third-order valence-electron chi connectivity index (χ3n) is 3.75. The summed E-state index contributed by atoms with van der Waals surface area (Å²) in [4.78, 5) is 0.296. The molecule has 0 amide bonds. The van der Waals surface area contributed by atoms with Crippen LogP contribution in [0, 0.1) is 5.92 Å². The highest BCUT2D eigenvalue weighted by Crippen LogP contribution is 2.27. The van der Waals surface area contributed by atoms with Crippen LogP contribution in [0.2, 0.25) is 0 Å². The predicted octanol–water partition coefficient (Wildman–Crippen LogP) is 4.46. The Morgan fingerprint density at radius 3 is 2.50 bits per heavy atom. The van der Waals surface area contributed by atoms with Crippen molar-refractivity contribution >= 4 is 41.9 Å². The maximum absolute atomic E-state index is 12.2. The first-order chi connectivity index (χ1) is 9.49. The topological polar surface area (TPSA) is 46.2 Å². The number of benzene rings is 1. The highest BCUT2D eigenvalue weighted by molar-refractivity contribution is 9.11. The van der Waals surface area contributed by atoms with E-state index >= 15 is 0 Å². The Balaban J connectivity index is 1.93.